The maximum Gasteiger partial charge on any atom is 0.335 e. The number of rotatable bonds is 6. The highest BCUT2D eigenvalue weighted by molar-refractivity contribution is 5.91. The van der Waals surface area contributed by atoms with E-state index in [1.807, 2.05) is 13.8 Å². The Bertz CT molecular complexity index is 480. The van der Waals surface area contributed by atoms with E-state index >= 15 is 0 Å². The summed E-state index contributed by atoms with van der Waals surface area (Å²) in [5.74, 6) is -1.10. The monoisotopic (exact) mass is 261 g/mol. The van der Waals surface area contributed by atoms with E-state index < -0.39 is 5.97 Å². The van der Waals surface area contributed by atoms with Crippen LogP contribution in [-0.2, 0) is 11.2 Å². The third-order valence-electron chi connectivity index (χ3n) is 2.86. The number of carbonyl (C=O) groups excluding carboxylic acids is 1. The maximum atomic E-state index is 12.2. The average Bonchev–Trinajstić information content (AvgIpc) is 2.35. The summed E-state index contributed by atoms with van der Waals surface area (Å²) in [4.78, 5) is 25.0. The normalized spacial score (nSPS) is 10.3. The molecule has 0 aromatic heterocycles. The van der Waals surface area contributed by atoms with Crippen LogP contribution in [0.15, 0.2) is 36.9 Å². The lowest BCUT2D eigenvalue weighted by atomic mass is 10.0. The molecule has 0 saturated heterocycles. The molecule has 4 heteroatoms. The molecular weight excluding hydrogens is 242 g/mol. The predicted molar refractivity (Wildman–Crippen MR) is 74.2 cm³/mol. The van der Waals surface area contributed by atoms with Crippen molar-refractivity contribution in [3.63, 3.8) is 0 Å². The smallest absolute Gasteiger partial charge is 0.335 e. The number of carboxylic acid groups (broad SMARTS) is 1. The van der Waals surface area contributed by atoms with E-state index in [9.17, 15) is 9.59 Å². The molecule has 0 heterocycles. The lowest BCUT2D eigenvalue weighted by Gasteiger charge is -2.25. The molecule has 102 valence electrons. The van der Waals surface area contributed by atoms with E-state index in [2.05, 4.69) is 6.58 Å². The van der Waals surface area contributed by atoms with Crippen molar-refractivity contribution in [3.8, 4) is 0 Å². The first-order valence-electron chi connectivity index (χ1n) is 6.19. The number of aromatic carboxylic acids is 1. The predicted octanol–water partition coefficient (Wildman–Crippen LogP) is 2.35. The van der Waals surface area contributed by atoms with E-state index in [1.54, 1.807) is 29.2 Å². The van der Waals surface area contributed by atoms with Crippen molar-refractivity contribution in [1.29, 1.82) is 0 Å². The van der Waals surface area contributed by atoms with Gasteiger partial charge in [-0.1, -0.05) is 24.3 Å². The van der Waals surface area contributed by atoms with Crippen molar-refractivity contribution in [2.45, 2.75) is 26.3 Å². The fourth-order valence-corrected chi connectivity index (χ4v) is 1.89. The maximum absolute atomic E-state index is 12.2. The average molecular weight is 261 g/mol. The highest BCUT2D eigenvalue weighted by atomic mass is 16.4. The molecule has 0 bridgehead atoms. The van der Waals surface area contributed by atoms with E-state index in [1.165, 1.54) is 6.07 Å². The zero-order valence-electron chi connectivity index (χ0n) is 11.3. The quantitative estimate of drug-likeness (QED) is 0.800. The largest absolute Gasteiger partial charge is 0.478 e. The van der Waals surface area contributed by atoms with Gasteiger partial charge in [-0.15, -0.1) is 6.58 Å². The summed E-state index contributed by atoms with van der Waals surface area (Å²) in [6.45, 7) is 7.94. The first kappa shape index (κ1) is 15.0. The van der Waals surface area contributed by atoms with Crippen LogP contribution in [0.2, 0.25) is 0 Å². The van der Waals surface area contributed by atoms with E-state index in [4.69, 9.17) is 5.11 Å². The van der Waals surface area contributed by atoms with Gasteiger partial charge in [0, 0.05) is 12.6 Å². The Labute approximate surface area is 113 Å². The van der Waals surface area contributed by atoms with Crippen molar-refractivity contribution in [3.05, 3.63) is 48.0 Å². The molecule has 0 radical (unpaired) electrons. The molecule has 0 aliphatic heterocycles. The molecule has 1 aromatic rings. The molecule has 0 spiro atoms. The Hall–Kier alpha value is -2.10. The zero-order chi connectivity index (χ0) is 14.4. The molecule has 19 heavy (non-hydrogen) atoms. The molecular formula is C15H19NO3. The SMILES string of the molecule is C=CCN(C(=O)Cc1ccccc1C(=O)O)C(C)C. The van der Waals surface area contributed by atoms with Crippen LogP contribution in [0, 0.1) is 0 Å². The van der Waals surface area contributed by atoms with E-state index in [-0.39, 0.29) is 23.9 Å². The number of nitrogens with zero attached hydrogens (tertiary/aromatic N) is 1. The van der Waals surface area contributed by atoms with Crippen LogP contribution in [0.3, 0.4) is 0 Å². The molecule has 4 nitrogen and oxygen atoms in total. The number of hydrogen-bond acceptors (Lipinski definition) is 2. The number of amides is 1. The van der Waals surface area contributed by atoms with Crippen LogP contribution < -0.4 is 0 Å². The van der Waals surface area contributed by atoms with Gasteiger partial charge in [0.15, 0.2) is 0 Å². The van der Waals surface area contributed by atoms with Gasteiger partial charge < -0.3 is 10.0 Å². The minimum absolute atomic E-state index is 0.0579. The molecule has 1 N–H and O–H groups in total. The molecule has 0 fully saturated rings. The van der Waals surface area contributed by atoms with Gasteiger partial charge in [0.25, 0.3) is 0 Å². The number of carboxylic acids is 1. The van der Waals surface area contributed by atoms with Crippen LogP contribution in [0.4, 0.5) is 0 Å². The standard InChI is InChI=1S/C15H19NO3/c1-4-9-16(11(2)3)14(17)10-12-7-5-6-8-13(12)15(18)19/h4-8,11H,1,9-10H2,2-3H3,(H,18,19). The Morgan fingerprint density at radius 1 is 1.37 bits per heavy atom. The van der Waals surface area contributed by atoms with Gasteiger partial charge in [0.1, 0.15) is 0 Å². The Morgan fingerprint density at radius 3 is 2.53 bits per heavy atom. The van der Waals surface area contributed by atoms with Crippen molar-refractivity contribution < 1.29 is 14.7 Å². The second-order valence-corrected chi connectivity index (χ2v) is 4.57. The summed E-state index contributed by atoms with van der Waals surface area (Å²) in [5, 5.41) is 9.09. The first-order chi connectivity index (χ1) is 8.97. The highest BCUT2D eigenvalue weighted by Crippen LogP contribution is 2.12. The molecule has 1 amide bonds. The van der Waals surface area contributed by atoms with Crippen LogP contribution >= 0.6 is 0 Å². The van der Waals surface area contributed by atoms with Crippen LogP contribution in [0.5, 0.6) is 0 Å². The fourth-order valence-electron chi connectivity index (χ4n) is 1.89. The zero-order valence-corrected chi connectivity index (χ0v) is 11.3. The highest BCUT2D eigenvalue weighted by Gasteiger charge is 2.18. The van der Waals surface area contributed by atoms with Gasteiger partial charge in [-0.25, -0.2) is 4.79 Å². The Balaban J connectivity index is 2.92. The minimum Gasteiger partial charge on any atom is -0.478 e. The number of carbonyl (C=O) groups is 2. The van der Waals surface area contributed by atoms with Crippen molar-refractivity contribution in [2.24, 2.45) is 0 Å². The third kappa shape index (κ3) is 3.95. The van der Waals surface area contributed by atoms with Crippen LogP contribution in [0.1, 0.15) is 29.8 Å². The van der Waals surface area contributed by atoms with Crippen LogP contribution in [0.25, 0.3) is 0 Å². The lowest BCUT2D eigenvalue weighted by Crippen LogP contribution is -2.38. The van der Waals surface area contributed by atoms with Crippen molar-refractivity contribution >= 4 is 11.9 Å². The molecule has 0 atom stereocenters. The molecule has 0 aliphatic rings. The van der Waals surface area contributed by atoms with Gasteiger partial charge in [-0.3, -0.25) is 4.79 Å². The number of benzene rings is 1. The summed E-state index contributed by atoms with van der Waals surface area (Å²) in [6, 6.07) is 6.64. The van der Waals surface area contributed by atoms with Crippen molar-refractivity contribution in [1.82, 2.24) is 4.90 Å². The summed E-state index contributed by atoms with van der Waals surface area (Å²) in [6.07, 6.45) is 1.76. The molecule has 0 aliphatic carbocycles. The molecule has 0 unspecified atom stereocenters. The molecule has 1 rings (SSSR count). The second kappa shape index (κ2) is 6.73. The summed E-state index contributed by atoms with van der Waals surface area (Å²) >= 11 is 0. The Kier molecular flexibility index (Phi) is 5.30. The lowest BCUT2D eigenvalue weighted by molar-refractivity contribution is -0.131. The summed E-state index contributed by atoms with van der Waals surface area (Å²) in [7, 11) is 0. The Morgan fingerprint density at radius 2 is 2.00 bits per heavy atom. The van der Waals surface area contributed by atoms with Gasteiger partial charge in [-0.05, 0) is 25.5 Å². The molecule has 1 aromatic carbocycles. The second-order valence-electron chi connectivity index (χ2n) is 4.57. The third-order valence-corrected chi connectivity index (χ3v) is 2.86. The van der Waals surface area contributed by atoms with Gasteiger partial charge in [0.05, 0.1) is 12.0 Å². The fraction of sp³-hybridized carbons (Fsp3) is 0.333. The number of hydrogen-bond donors (Lipinski definition) is 1. The first-order valence-corrected chi connectivity index (χ1v) is 6.19. The minimum atomic E-state index is -1.01. The molecule has 0 saturated carbocycles. The van der Waals surface area contributed by atoms with Gasteiger partial charge in [0.2, 0.25) is 5.91 Å². The van der Waals surface area contributed by atoms with E-state index in [0.29, 0.717) is 12.1 Å². The van der Waals surface area contributed by atoms with Crippen molar-refractivity contribution in [2.75, 3.05) is 6.54 Å². The summed E-state index contributed by atoms with van der Waals surface area (Å²) in [5.41, 5.74) is 0.716. The summed E-state index contributed by atoms with van der Waals surface area (Å²) < 4.78 is 0. The van der Waals surface area contributed by atoms with Crippen LogP contribution in [-0.4, -0.2) is 34.5 Å². The van der Waals surface area contributed by atoms with Gasteiger partial charge >= 0.3 is 5.97 Å². The van der Waals surface area contributed by atoms with Gasteiger partial charge in [-0.2, -0.15) is 0 Å². The van der Waals surface area contributed by atoms with E-state index in [0.717, 1.165) is 0 Å². The topological polar surface area (TPSA) is 57.6 Å².